The van der Waals surface area contributed by atoms with Crippen LogP contribution in [-0.4, -0.2) is 25.7 Å². The third-order valence-corrected chi connectivity index (χ3v) is 13.5. The molecule has 0 N–H and O–H groups in total. The van der Waals surface area contributed by atoms with Crippen molar-refractivity contribution < 1.29 is 12.9 Å². The van der Waals surface area contributed by atoms with Gasteiger partial charge in [0.15, 0.2) is 11.2 Å². The highest BCUT2D eigenvalue weighted by atomic mass is 31.2. The Balaban J connectivity index is 1.65. The van der Waals surface area contributed by atoms with Gasteiger partial charge >= 0.3 is 8.24 Å². The second-order valence-corrected chi connectivity index (χ2v) is 17.3. The molecule has 44 heavy (non-hydrogen) atoms. The van der Waals surface area contributed by atoms with Crippen molar-refractivity contribution in [3.8, 4) is 22.3 Å². The molecule has 0 spiro atoms. The first-order chi connectivity index (χ1) is 21.2. The van der Waals surface area contributed by atoms with Crippen LogP contribution in [-0.2, 0) is 25.7 Å². The lowest BCUT2D eigenvalue weighted by atomic mass is 9.81. The van der Waals surface area contributed by atoms with Gasteiger partial charge in [0, 0.05) is 33.7 Å². The van der Waals surface area contributed by atoms with Gasteiger partial charge < -0.3 is 8.39 Å². The van der Waals surface area contributed by atoms with Crippen molar-refractivity contribution in [3.05, 3.63) is 95.1 Å². The van der Waals surface area contributed by atoms with Gasteiger partial charge in [-0.25, -0.2) is 4.52 Å². The molecule has 0 saturated heterocycles. The Hall–Kier alpha value is -2.77. The SMILES string of the molecule is [BH3-][P+](C)(COp1oc2c(-c3ccccc3)cc3c(c2c2c4c(cc(-c5ccccc5)c2o1)CCCC4)CCCC3)C(C)(C)C. The van der Waals surface area contributed by atoms with Gasteiger partial charge in [0.1, 0.15) is 13.9 Å². The first-order valence-corrected chi connectivity index (χ1v) is 18.9. The molecule has 0 saturated carbocycles. The van der Waals surface area contributed by atoms with Crippen LogP contribution >= 0.6 is 15.4 Å². The lowest BCUT2D eigenvalue weighted by molar-refractivity contribution is 0.431. The molecule has 1 unspecified atom stereocenters. The minimum absolute atomic E-state index is 0.108. The van der Waals surface area contributed by atoms with Gasteiger partial charge in [0.25, 0.3) is 0 Å². The van der Waals surface area contributed by atoms with Crippen LogP contribution in [0.5, 0.6) is 0 Å². The smallest absolute Gasteiger partial charge is 0.390 e. The highest BCUT2D eigenvalue weighted by molar-refractivity contribution is 7.97. The van der Waals surface area contributed by atoms with Gasteiger partial charge in [-0.3, -0.25) is 0 Å². The molecule has 7 rings (SSSR count). The Labute approximate surface area is 264 Å². The van der Waals surface area contributed by atoms with Gasteiger partial charge in [0.05, 0.1) is 0 Å². The molecular formula is C38H45BO3P2. The molecule has 5 aromatic rings. The average molecular weight is 623 g/mol. The lowest BCUT2D eigenvalue weighted by Gasteiger charge is -2.37. The molecule has 0 radical (unpaired) electrons. The van der Waals surface area contributed by atoms with Gasteiger partial charge in [0.2, 0.25) is 0 Å². The normalized spacial score (nSPS) is 16.4. The number of fused-ring (bicyclic) bond motifs is 7. The maximum atomic E-state index is 7.15. The fraction of sp³-hybridized carbons (Fsp3) is 0.368. The van der Waals surface area contributed by atoms with Crippen LogP contribution in [0.2, 0.25) is 0 Å². The summed E-state index contributed by atoms with van der Waals surface area (Å²) < 4.78 is 21.2. The zero-order valence-corrected chi connectivity index (χ0v) is 27.7. The largest absolute Gasteiger partial charge is 0.398 e. The van der Waals surface area contributed by atoms with E-state index < -0.39 is 15.4 Å². The number of benzene rings is 4. The summed E-state index contributed by atoms with van der Waals surface area (Å²) in [5.74, 6) is 0. The van der Waals surface area contributed by atoms with E-state index in [0.717, 1.165) is 43.2 Å². The van der Waals surface area contributed by atoms with Crippen LogP contribution in [0.4, 0.5) is 0 Å². The maximum Gasteiger partial charge on any atom is 0.390 e. The van der Waals surface area contributed by atoms with E-state index in [-0.39, 0.29) is 12.7 Å². The molecule has 1 heterocycles. The average Bonchev–Trinajstić information content (AvgIpc) is 3.21. The number of rotatable bonds is 5. The van der Waals surface area contributed by atoms with Crippen LogP contribution in [0, 0.1) is 0 Å². The Kier molecular flexibility index (Phi) is 8.07. The summed E-state index contributed by atoms with van der Waals surface area (Å²) in [6.07, 6.45) is 10.1. The van der Waals surface area contributed by atoms with Crippen LogP contribution in [0.3, 0.4) is 0 Å². The first-order valence-electron chi connectivity index (χ1n) is 15.9. The Morgan fingerprint density at radius 2 is 1.14 bits per heavy atom. The van der Waals surface area contributed by atoms with E-state index >= 15 is 0 Å². The van der Waals surface area contributed by atoms with Crippen molar-refractivity contribution in [1.82, 2.24) is 0 Å². The molecule has 228 valence electrons. The number of aryl methyl sites for hydroxylation is 4. The standard InChI is InChI=1S/C38H45BO3P2/c1-38(2,3)44(4,39)25-40-43-41-36-32(26-15-7-5-8-16-26)23-28-19-11-13-21-30(28)34(36)35-31-22-14-12-20-29(31)24-33(37(35)42-43)27-17-9-6-10-18-27/h5-10,15-18,23-24H,11-14,19-22,25H2,1-4,39H3. The molecule has 0 fully saturated rings. The molecule has 2 aliphatic rings. The fourth-order valence-electron chi connectivity index (χ4n) is 6.70. The highest BCUT2D eigenvalue weighted by Gasteiger charge is 2.35. The zero-order chi connectivity index (χ0) is 30.5. The van der Waals surface area contributed by atoms with E-state index in [1.165, 1.54) is 81.0 Å². The van der Waals surface area contributed by atoms with Crippen LogP contribution < -0.4 is 4.52 Å². The molecule has 0 bridgehead atoms. The van der Waals surface area contributed by atoms with E-state index in [4.69, 9.17) is 12.9 Å². The first kappa shape index (κ1) is 29.9. The van der Waals surface area contributed by atoms with E-state index in [0.29, 0.717) is 0 Å². The molecule has 2 aliphatic carbocycles. The summed E-state index contributed by atoms with van der Waals surface area (Å²) in [6, 6.07) is 26.5. The number of hydrogen-bond acceptors (Lipinski definition) is 3. The zero-order valence-electron chi connectivity index (χ0n) is 25.9. The summed E-state index contributed by atoms with van der Waals surface area (Å²) >= 11 is 0. The Morgan fingerprint density at radius 3 is 1.57 bits per heavy atom. The van der Waals surface area contributed by atoms with Gasteiger partial charge in [-0.05, 0) is 118 Å². The van der Waals surface area contributed by atoms with Crippen molar-refractivity contribution in [1.29, 1.82) is 0 Å². The molecular weight excluding hydrogens is 577 g/mol. The van der Waals surface area contributed by atoms with Crippen LogP contribution in [0.15, 0.2) is 81.2 Å². The van der Waals surface area contributed by atoms with Gasteiger partial charge in [-0.1, -0.05) is 60.7 Å². The molecule has 3 nitrogen and oxygen atoms in total. The molecule has 4 aromatic carbocycles. The topological polar surface area (TPSA) is 35.5 Å². The van der Waals surface area contributed by atoms with Crippen molar-refractivity contribution in [3.63, 3.8) is 0 Å². The third kappa shape index (κ3) is 5.49. The molecule has 0 amide bonds. The van der Waals surface area contributed by atoms with Gasteiger partial charge in [-0.15, -0.1) is 7.14 Å². The van der Waals surface area contributed by atoms with Crippen molar-refractivity contribution in [2.75, 3.05) is 13.0 Å². The highest BCUT2D eigenvalue weighted by Crippen LogP contribution is 2.62. The molecule has 1 atom stereocenters. The van der Waals surface area contributed by atoms with E-state index in [1.807, 2.05) is 0 Å². The summed E-state index contributed by atoms with van der Waals surface area (Å²) in [4.78, 5) is 0. The molecule has 0 aliphatic heterocycles. The summed E-state index contributed by atoms with van der Waals surface area (Å²) in [5.41, 5.74) is 12.6. The third-order valence-electron chi connectivity index (χ3n) is 9.46. The van der Waals surface area contributed by atoms with Crippen molar-refractivity contribution in [2.24, 2.45) is 0 Å². The lowest BCUT2D eigenvalue weighted by Crippen LogP contribution is -2.23. The van der Waals surface area contributed by atoms with Crippen LogP contribution in [0.25, 0.3) is 44.2 Å². The monoisotopic (exact) mass is 622 g/mol. The minimum Gasteiger partial charge on any atom is -0.398 e. The van der Waals surface area contributed by atoms with Gasteiger partial charge in [-0.2, -0.15) is 0 Å². The van der Waals surface area contributed by atoms with E-state index in [9.17, 15) is 0 Å². The Bertz CT molecular complexity index is 1750. The second kappa shape index (κ2) is 11.9. The quantitative estimate of drug-likeness (QED) is 0.145. The predicted octanol–water partition coefficient (Wildman–Crippen LogP) is 10.5. The summed E-state index contributed by atoms with van der Waals surface area (Å²) in [5, 5.41) is 2.85. The van der Waals surface area contributed by atoms with Crippen molar-refractivity contribution >= 4 is 44.9 Å². The second-order valence-electron chi connectivity index (χ2n) is 13.2. The van der Waals surface area contributed by atoms with E-state index in [2.05, 4.69) is 100 Å². The fourth-order valence-corrected chi connectivity index (χ4v) is 8.98. The Morgan fingerprint density at radius 1 is 0.705 bits per heavy atom. The van der Waals surface area contributed by atoms with E-state index in [1.54, 1.807) is 0 Å². The van der Waals surface area contributed by atoms with Crippen LogP contribution in [0.1, 0.15) is 68.7 Å². The predicted molar refractivity (Wildman–Crippen MR) is 194 cm³/mol. The molecule has 1 aromatic heterocycles. The summed E-state index contributed by atoms with van der Waals surface area (Å²) in [7, 11) is -2.72. The maximum absolute atomic E-state index is 7.15. The summed E-state index contributed by atoms with van der Waals surface area (Å²) in [6.45, 7) is 9.68. The number of hydrogen-bond donors (Lipinski definition) is 0. The van der Waals surface area contributed by atoms with Crippen molar-refractivity contribution in [2.45, 2.75) is 77.3 Å². The minimum atomic E-state index is -1.65. The molecule has 6 heteroatoms.